The van der Waals surface area contributed by atoms with E-state index < -0.39 is 22.7 Å². The molecule has 0 aliphatic carbocycles. The van der Waals surface area contributed by atoms with Crippen molar-refractivity contribution in [1.82, 2.24) is 4.90 Å². The second-order valence-electron chi connectivity index (χ2n) is 5.73. The smallest absolute Gasteiger partial charge is 0.308 e. The highest BCUT2D eigenvalue weighted by molar-refractivity contribution is 7.98. The van der Waals surface area contributed by atoms with Gasteiger partial charge < -0.3 is 10.0 Å². The summed E-state index contributed by atoms with van der Waals surface area (Å²) in [5.41, 5.74) is -0.238. The van der Waals surface area contributed by atoms with Gasteiger partial charge >= 0.3 is 5.97 Å². The lowest BCUT2D eigenvalue weighted by Gasteiger charge is -2.34. The molecule has 1 aliphatic heterocycles. The summed E-state index contributed by atoms with van der Waals surface area (Å²) in [7, 11) is 0. The van der Waals surface area contributed by atoms with Crippen molar-refractivity contribution < 1.29 is 19.6 Å². The van der Waals surface area contributed by atoms with Crippen LogP contribution in [0.15, 0.2) is 23.1 Å². The maximum atomic E-state index is 12.7. The van der Waals surface area contributed by atoms with Crippen LogP contribution in [0, 0.1) is 22.0 Å². The van der Waals surface area contributed by atoms with Crippen LogP contribution in [0.1, 0.15) is 23.7 Å². The Morgan fingerprint density at radius 3 is 2.65 bits per heavy atom. The zero-order valence-corrected chi connectivity index (χ0v) is 13.7. The lowest BCUT2D eigenvalue weighted by atomic mass is 9.90. The minimum Gasteiger partial charge on any atom is -0.481 e. The third kappa shape index (κ3) is 3.82. The number of likely N-dealkylation sites (tertiary alicyclic amines) is 1. The van der Waals surface area contributed by atoms with E-state index in [1.807, 2.05) is 13.2 Å². The zero-order valence-electron chi connectivity index (χ0n) is 12.9. The molecular weight excluding hydrogens is 320 g/mol. The summed E-state index contributed by atoms with van der Waals surface area (Å²) in [6, 6.07) is 4.42. The molecule has 0 spiro atoms. The Bertz CT molecular complexity index is 649. The average molecular weight is 338 g/mol. The number of rotatable bonds is 4. The van der Waals surface area contributed by atoms with Gasteiger partial charge in [-0.1, -0.05) is 6.92 Å². The second-order valence-corrected chi connectivity index (χ2v) is 6.61. The van der Waals surface area contributed by atoms with Gasteiger partial charge in [-0.15, -0.1) is 11.8 Å². The lowest BCUT2D eigenvalue weighted by molar-refractivity contribution is -0.385. The summed E-state index contributed by atoms with van der Waals surface area (Å²) >= 11 is 1.39. The quantitative estimate of drug-likeness (QED) is 0.514. The van der Waals surface area contributed by atoms with E-state index in [1.165, 1.54) is 28.8 Å². The SMILES string of the molecule is CSc1ccc([N+](=O)[O-])c(C(=O)N2CC(C)CC(C(=O)O)C2)c1. The van der Waals surface area contributed by atoms with E-state index in [4.69, 9.17) is 0 Å². The minimum absolute atomic E-state index is 0.0140. The van der Waals surface area contributed by atoms with E-state index in [2.05, 4.69) is 0 Å². The summed E-state index contributed by atoms with van der Waals surface area (Å²) in [5.74, 6) is -2.02. The Labute approximate surface area is 137 Å². The largest absolute Gasteiger partial charge is 0.481 e. The number of thioether (sulfide) groups is 1. The van der Waals surface area contributed by atoms with Crippen LogP contribution in [-0.2, 0) is 4.79 Å². The number of hydrogen-bond acceptors (Lipinski definition) is 5. The maximum absolute atomic E-state index is 12.7. The third-order valence-corrected chi connectivity index (χ3v) is 4.65. The van der Waals surface area contributed by atoms with Crippen molar-refractivity contribution in [3.05, 3.63) is 33.9 Å². The minimum atomic E-state index is -0.943. The molecule has 1 saturated heterocycles. The van der Waals surface area contributed by atoms with Crippen LogP contribution in [0.2, 0.25) is 0 Å². The van der Waals surface area contributed by atoms with Gasteiger partial charge in [-0.25, -0.2) is 0 Å². The molecule has 0 bridgehead atoms. The van der Waals surface area contributed by atoms with E-state index in [0.29, 0.717) is 13.0 Å². The normalized spacial score (nSPS) is 21.0. The highest BCUT2D eigenvalue weighted by atomic mass is 32.2. The predicted molar refractivity (Wildman–Crippen MR) is 85.7 cm³/mol. The molecule has 0 radical (unpaired) electrons. The molecule has 0 aromatic heterocycles. The molecule has 1 N–H and O–H groups in total. The molecule has 1 aromatic carbocycles. The van der Waals surface area contributed by atoms with Crippen molar-refractivity contribution in [3.63, 3.8) is 0 Å². The van der Waals surface area contributed by atoms with Gasteiger partial charge in [0.25, 0.3) is 11.6 Å². The van der Waals surface area contributed by atoms with Crippen LogP contribution in [0.4, 0.5) is 5.69 Å². The molecule has 1 aromatic rings. The number of amides is 1. The zero-order chi connectivity index (χ0) is 17.1. The number of nitro groups is 1. The first-order valence-corrected chi connectivity index (χ1v) is 8.40. The summed E-state index contributed by atoms with van der Waals surface area (Å²) in [6.45, 7) is 2.37. The number of carbonyl (C=O) groups is 2. The molecule has 7 nitrogen and oxygen atoms in total. The van der Waals surface area contributed by atoms with Crippen LogP contribution in [0.25, 0.3) is 0 Å². The van der Waals surface area contributed by atoms with Gasteiger partial charge in [0.2, 0.25) is 0 Å². The third-order valence-electron chi connectivity index (χ3n) is 3.93. The summed E-state index contributed by atoms with van der Waals surface area (Å²) < 4.78 is 0. The Kier molecular flexibility index (Phi) is 5.25. The van der Waals surface area contributed by atoms with Crippen LogP contribution in [-0.4, -0.2) is 46.2 Å². The molecule has 1 heterocycles. The molecule has 2 rings (SSSR count). The first-order valence-electron chi connectivity index (χ1n) is 7.18. The summed E-state index contributed by atoms with van der Waals surface area (Å²) in [6.07, 6.45) is 2.32. The van der Waals surface area contributed by atoms with Gasteiger partial charge in [0.15, 0.2) is 0 Å². The number of piperidine rings is 1. The van der Waals surface area contributed by atoms with E-state index in [1.54, 1.807) is 6.07 Å². The van der Waals surface area contributed by atoms with Gasteiger partial charge in [0, 0.05) is 24.1 Å². The molecule has 23 heavy (non-hydrogen) atoms. The Hall–Kier alpha value is -2.09. The standard InChI is InChI=1S/C15H18N2O5S/c1-9-5-10(15(19)20)8-16(7-9)14(18)12-6-11(23-2)3-4-13(12)17(21)22/h3-4,6,9-10H,5,7-8H2,1-2H3,(H,19,20). The van der Waals surface area contributed by atoms with Crippen molar-refractivity contribution in [2.75, 3.05) is 19.3 Å². The first kappa shape index (κ1) is 17.3. The van der Waals surface area contributed by atoms with Crippen LogP contribution in [0.5, 0.6) is 0 Å². The molecule has 0 saturated carbocycles. The van der Waals surface area contributed by atoms with Crippen molar-refractivity contribution in [3.8, 4) is 0 Å². The predicted octanol–water partition coefficient (Wildman–Crippen LogP) is 2.50. The van der Waals surface area contributed by atoms with Crippen LogP contribution >= 0.6 is 11.8 Å². The van der Waals surface area contributed by atoms with Gasteiger partial charge in [-0.3, -0.25) is 19.7 Å². The maximum Gasteiger partial charge on any atom is 0.308 e. The van der Waals surface area contributed by atoms with Crippen molar-refractivity contribution >= 4 is 29.3 Å². The fourth-order valence-corrected chi connectivity index (χ4v) is 3.28. The Morgan fingerprint density at radius 2 is 2.09 bits per heavy atom. The van der Waals surface area contributed by atoms with Crippen molar-refractivity contribution in [2.24, 2.45) is 11.8 Å². The number of benzene rings is 1. The van der Waals surface area contributed by atoms with E-state index in [-0.39, 0.29) is 23.7 Å². The highest BCUT2D eigenvalue weighted by Crippen LogP contribution is 2.29. The van der Waals surface area contributed by atoms with E-state index >= 15 is 0 Å². The average Bonchev–Trinajstić information content (AvgIpc) is 2.52. The summed E-state index contributed by atoms with van der Waals surface area (Å²) in [4.78, 5) is 36.7. The Morgan fingerprint density at radius 1 is 1.39 bits per heavy atom. The van der Waals surface area contributed by atoms with Gasteiger partial charge in [0.05, 0.1) is 10.8 Å². The topological polar surface area (TPSA) is 101 Å². The fraction of sp³-hybridized carbons (Fsp3) is 0.467. The molecule has 8 heteroatoms. The number of carboxylic acids is 1. The molecular formula is C15H18N2O5S. The van der Waals surface area contributed by atoms with E-state index in [0.717, 1.165) is 4.90 Å². The van der Waals surface area contributed by atoms with Gasteiger partial charge in [0.1, 0.15) is 5.56 Å². The monoisotopic (exact) mass is 338 g/mol. The lowest BCUT2D eigenvalue weighted by Crippen LogP contribution is -2.45. The molecule has 2 atom stereocenters. The second kappa shape index (κ2) is 6.99. The number of aliphatic carboxylic acids is 1. The fourth-order valence-electron chi connectivity index (χ4n) is 2.84. The first-order chi connectivity index (χ1) is 10.8. The number of hydrogen-bond donors (Lipinski definition) is 1. The number of carboxylic acid groups (broad SMARTS) is 1. The van der Waals surface area contributed by atoms with Gasteiger partial charge in [-0.05, 0) is 30.7 Å². The van der Waals surface area contributed by atoms with E-state index in [9.17, 15) is 24.8 Å². The molecule has 1 aliphatic rings. The summed E-state index contributed by atoms with van der Waals surface area (Å²) in [5, 5.41) is 20.4. The number of nitrogens with zero attached hydrogens (tertiary/aromatic N) is 2. The number of carbonyl (C=O) groups excluding carboxylic acids is 1. The molecule has 1 fully saturated rings. The van der Waals surface area contributed by atoms with Crippen LogP contribution < -0.4 is 0 Å². The van der Waals surface area contributed by atoms with Crippen molar-refractivity contribution in [1.29, 1.82) is 0 Å². The molecule has 124 valence electrons. The number of nitro benzene ring substituents is 1. The van der Waals surface area contributed by atoms with Gasteiger partial charge in [-0.2, -0.15) is 0 Å². The molecule has 2 unspecified atom stereocenters. The highest BCUT2D eigenvalue weighted by Gasteiger charge is 2.34. The molecule has 1 amide bonds. The van der Waals surface area contributed by atoms with Crippen LogP contribution in [0.3, 0.4) is 0 Å². The Balaban J connectivity index is 2.35. The van der Waals surface area contributed by atoms with Crippen molar-refractivity contribution in [2.45, 2.75) is 18.2 Å².